The minimum atomic E-state index is -1.32. The van der Waals surface area contributed by atoms with Gasteiger partial charge in [0.05, 0.1) is 6.61 Å². The van der Waals surface area contributed by atoms with Crippen molar-refractivity contribution in [2.75, 3.05) is 6.61 Å². The molecule has 0 N–H and O–H groups in total. The van der Waals surface area contributed by atoms with Gasteiger partial charge in [0.25, 0.3) is 0 Å². The van der Waals surface area contributed by atoms with Gasteiger partial charge in [-0.05, 0) is 36.9 Å². The van der Waals surface area contributed by atoms with Gasteiger partial charge in [0.1, 0.15) is 0 Å². The van der Waals surface area contributed by atoms with E-state index < -0.39 is 9.28 Å². The fourth-order valence-electron chi connectivity index (χ4n) is 1.80. The summed E-state index contributed by atoms with van der Waals surface area (Å²) >= 11 is 0. The highest BCUT2D eigenvalue weighted by molar-refractivity contribution is 6.44. The van der Waals surface area contributed by atoms with E-state index >= 15 is 0 Å². The van der Waals surface area contributed by atoms with Crippen molar-refractivity contribution in [1.82, 2.24) is 0 Å². The Balaban J connectivity index is 1.84. The SMILES string of the molecule is Cc1ccccc1CO[SiH]1CCCCO1. The third-order valence-corrected chi connectivity index (χ3v) is 4.85. The first-order valence-electron chi connectivity index (χ1n) is 5.64. The summed E-state index contributed by atoms with van der Waals surface area (Å²) in [5.41, 5.74) is 2.60. The maximum Gasteiger partial charge on any atom is 0.321 e. The molecule has 0 amide bonds. The molecule has 2 nitrogen and oxygen atoms in total. The van der Waals surface area contributed by atoms with Crippen molar-refractivity contribution in [3.8, 4) is 0 Å². The number of aryl methyl sites for hydroxylation is 1. The van der Waals surface area contributed by atoms with Gasteiger partial charge in [0.2, 0.25) is 0 Å². The smallest absolute Gasteiger partial charge is 0.321 e. The molecule has 1 heterocycles. The minimum Gasteiger partial charge on any atom is -0.397 e. The van der Waals surface area contributed by atoms with Gasteiger partial charge in [-0.2, -0.15) is 0 Å². The number of benzene rings is 1. The van der Waals surface area contributed by atoms with E-state index in [1.54, 1.807) is 0 Å². The molecule has 82 valence electrons. The second-order valence-corrected chi connectivity index (χ2v) is 6.14. The zero-order chi connectivity index (χ0) is 10.5. The van der Waals surface area contributed by atoms with Crippen LogP contribution in [0.1, 0.15) is 24.0 Å². The number of rotatable bonds is 3. The van der Waals surface area contributed by atoms with Gasteiger partial charge in [-0.1, -0.05) is 24.3 Å². The number of hydrogen-bond acceptors (Lipinski definition) is 2. The summed E-state index contributed by atoms with van der Waals surface area (Å²) in [6.45, 7) is 3.76. The summed E-state index contributed by atoms with van der Waals surface area (Å²) in [5, 5.41) is 0. The Morgan fingerprint density at radius 1 is 1.33 bits per heavy atom. The van der Waals surface area contributed by atoms with Crippen LogP contribution < -0.4 is 0 Å². The largest absolute Gasteiger partial charge is 0.397 e. The van der Waals surface area contributed by atoms with Crippen molar-refractivity contribution in [2.24, 2.45) is 0 Å². The van der Waals surface area contributed by atoms with Crippen molar-refractivity contribution in [2.45, 2.75) is 32.4 Å². The van der Waals surface area contributed by atoms with Gasteiger partial charge in [0.15, 0.2) is 0 Å². The van der Waals surface area contributed by atoms with Crippen LogP contribution in [-0.2, 0) is 15.5 Å². The second-order valence-electron chi connectivity index (χ2n) is 4.03. The average molecular weight is 222 g/mol. The van der Waals surface area contributed by atoms with E-state index in [9.17, 15) is 0 Å². The molecule has 1 unspecified atom stereocenters. The fourth-order valence-corrected chi connectivity index (χ4v) is 3.64. The molecule has 1 aliphatic rings. The topological polar surface area (TPSA) is 18.5 Å². The first-order valence-corrected chi connectivity index (χ1v) is 7.40. The normalized spacial score (nSPS) is 21.5. The van der Waals surface area contributed by atoms with Gasteiger partial charge in [-0.25, -0.2) is 0 Å². The van der Waals surface area contributed by atoms with Crippen LogP contribution in [0.4, 0.5) is 0 Å². The quantitative estimate of drug-likeness (QED) is 0.732. The zero-order valence-electron chi connectivity index (χ0n) is 9.24. The lowest BCUT2D eigenvalue weighted by molar-refractivity contribution is 0.170. The van der Waals surface area contributed by atoms with E-state index in [4.69, 9.17) is 8.85 Å². The predicted octanol–water partition coefficient (Wildman–Crippen LogP) is 2.54. The van der Waals surface area contributed by atoms with Crippen molar-refractivity contribution in [3.63, 3.8) is 0 Å². The Kier molecular flexibility index (Phi) is 3.94. The van der Waals surface area contributed by atoms with E-state index in [1.165, 1.54) is 30.0 Å². The molecule has 1 atom stereocenters. The molecule has 0 spiro atoms. The van der Waals surface area contributed by atoms with Crippen molar-refractivity contribution < 1.29 is 8.85 Å². The minimum absolute atomic E-state index is 0.726. The highest BCUT2D eigenvalue weighted by Crippen LogP contribution is 2.15. The zero-order valence-corrected chi connectivity index (χ0v) is 10.4. The Hall–Kier alpha value is -0.643. The molecule has 1 aromatic carbocycles. The summed E-state index contributed by atoms with van der Waals surface area (Å²) in [6, 6.07) is 9.56. The lowest BCUT2D eigenvalue weighted by Gasteiger charge is -2.21. The summed E-state index contributed by atoms with van der Waals surface area (Å²) in [7, 11) is -1.32. The molecule has 0 aliphatic carbocycles. The van der Waals surface area contributed by atoms with E-state index in [2.05, 4.69) is 31.2 Å². The molecular weight excluding hydrogens is 204 g/mol. The monoisotopic (exact) mass is 222 g/mol. The Bertz CT molecular complexity index is 308. The highest BCUT2D eigenvalue weighted by atomic mass is 28.3. The molecule has 1 aromatic rings. The van der Waals surface area contributed by atoms with Crippen LogP contribution in [0.3, 0.4) is 0 Å². The molecular formula is C12H18O2Si. The molecule has 1 saturated heterocycles. The van der Waals surface area contributed by atoms with E-state index in [0.29, 0.717) is 0 Å². The van der Waals surface area contributed by atoms with Crippen LogP contribution in [-0.4, -0.2) is 15.9 Å². The molecule has 0 saturated carbocycles. The lowest BCUT2D eigenvalue weighted by atomic mass is 10.1. The summed E-state index contributed by atoms with van der Waals surface area (Å²) in [4.78, 5) is 0. The maximum atomic E-state index is 5.87. The van der Waals surface area contributed by atoms with E-state index in [1.807, 2.05) is 0 Å². The second kappa shape index (κ2) is 5.44. The maximum absolute atomic E-state index is 5.87. The van der Waals surface area contributed by atoms with Crippen LogP contribution in [0, 0.1) is 6.92 Å². The van der Waals surface area contributed by atoms with Gasteiger partial charge in [-0.15, -0.1) is 0 Å². The molecule has 15 heavy (non-hydrogen) atoms. The average Bonchev–Trinajstić information content (AvgIpc) is 2.29. The van der Waals surface area contributed by atoms with Crippen LogP contribution in [0.2, 0.25) is 6.04 Å². The van der Waals surface area contributed by atoms with Crippen LogP contribution >= 0.6 is 0 Å². The van der Waals surface area contributed by atoms with Gasteiger partial charge >= 0.3 is 9.28 Å². The Morgan fingerprint density at radius 3 is 2.93 bits per heavy atom. The predicted molar refractivity (Wildman–Crippen MR) is 63.1 cm³/mol. The Labute approximate surface area is 93.1 Å². The Morgan fingerprint density at radius 2 is 2.20 bits per heavy atom. The lowest BCUT2D eigenvalue weighted by Crippen LogP contribution is -2.26. The molecule has 0 aromatic heterocycles. The van der Waals surface area contributed by atoms with Crippen LogP contribution in [0.5, 0.6) is 0 Å². The highest BCUT2D eigenvalue weighted by Gasteiger charge is 2.17. The summed E-state index contributed by atoms with van der Waals surface area (Å²) in [5.74, 6) is 0. The molecule has 0 bridgehead atoms. The standard InChI is InChI=1S/C12H18O2Si/c1-11-6-2-3-7-12(11)10-14-15-9-5-4-8-13-15/h2-3,6-7,15H,4-5,8-10H2,1H3. The van der Waals surface area contributed by atoms with Gasteiger partial charge in [-0.3, -0.25) is 0 Å². The van der Waals surface area contributed by atoms with E-state index in [0.717, 1.165) is 13.2 Å². The first kappa shape index (κ1) is 10.9. The first-order chi connectivity index (χ1) is 7.36. The summed E-state index contributed by atoms with van der Waals surface area (Å²) < 4.78 is 11.5. The molecule has 1 aliphatic heterocycles. The molecule has 0 radical (unpaired) electrons. The van der Waals surface area contributed by atoms with Crippen molar-refractivity contribution >= 4 is 9.28 Å². The summed E-state index contributed by atoms with van der Waals surface area (Å²) in [6.07, 6.45) is 2.49. The third-order valence-electron chi connectivity index (χ3n) is 2.82. The van der Waals surface area contributed by atoms with Crippen LogP contribution in [0.15, 0.2) is 24.3 Å². The van der Waals surface area contributed by atoms with E-state index in [-0.39, 0.29) is 0 Å². The number of hydrogen-bond donors (Lipinski definition) is 0. The molecule has 1 fully saturated rings. The van der Waals surface area contributed by atoms with Gasteiger partial charge < -0.3 is 8.85 Å². The third kappa shape index (κ3) is 3.16. The molecule has 3 heteroatoms. The van der Waals surface area contributed by atoms with Crippen molar-refractivity contribution in [3.05, 3.63) is 35.4 Å². The van der Waals surface area contributed by atoms with Crippen molar-refractivity contribution in [1.29, 1.82) is 0 Å². The van der Waals surface area contributed by atoms with Gasteiger partial charge in [0, 0.05) is 6.61 Å². The van der Waals surface area contributed by atoms with Crippen LogP contribution in [0.25, 0.3) is 0 Å². The fraction of sp³-hybridized carbons (Fsp3) is 0.500. The molecule has 2 rings (SSSR count).